The van der Waals surface area contributed by atoms with Crippen LogP contribution in [0.2, 0.25) is 18.6 Å². The van der Waals surface area contributed by atoms with E-state index in [1.165, 1.54) is 10.8 Å². The van der Waals surface area contributed by atoms with Gasteiger partial charge in [-0.3, -0.25) is 0 Å². The number of nitrogens with zero attached hydrogens (tertiary/aromatic N) is 1. The van der Waals surface area contributed by atoms with E-state index in [2.05, 4.69) is 85.7 Å². The van der Waals surface area contributed by atoms with E-state index in [0.29, 0.717) is 18.4 Å². The first-order chi connectivity index (χ1) is 14.5. The molecular weight excluding hydrogens is 390 g/mol. The van der Waals surface area contributed by atoms with E-state index in [9.17, 15) is 0 Å². The molecule has 4 atom stereocenters. The molecule has 5 heteroatoms. The third-order valence-corrected chi connectivity index (χ3v) is 12.0. The molecule has 2 heterocycles. The molecule has 30 heavy (non-hydrogen) atoms. The summed E-state index contributed by atoms with van der Waals surface area (Å²) in [5, 5.41) is 1.52. The van der Waals surface area contributed by atoms with Crippen molar-refractivity contribution >= 4 is 13.3 Å². The Kier molecular flexibility index (Phi) is 4.80. The summed E-state index contributed by atoms with van der Waals surface area (Å²) in [6.45, 7) is 6.47. The Morgan fingerprint density at radius 3 is 2.60 bits per heavy atom. The molecule has 4 nitrogen and oxygen atoms in total. The molecule has 0 aromatic heterocycles. The van der Waals surface area contributed by atoms with E-state index in [0.717, 1.165) is 24.5 Å². The van der Waals surface area contributed by atoms with Crippen molar-refractivity contribution in [2.24, 2.45) is 0 Å². The maximum Gasteiger partial charge on any atom is 0.231 e. The van der Waals surface area contributed by atoms with Crippen molar-refractivity contribution in [3.8, 4) is 11.5 Å². The van der Waals surface area contributed by atoms with E-state index in [1.807, 2.05) is 7.11 Å². The predicted molar refractivity (Wildman–Crippen MR) is 123 cm³/mol. The fourth-order valence-corrected chi connectivity index (χ4v) is 9.90. The first-order valence-electron chi connectivity index (χ1n) is 10.8. The highest BCUT2D eigenvalue weighted by atomic mass is 28.3. The smallest absolute Gasteiger partial charge is 0.231 e. The normalized spacial score (nSPS) is 30.5. The van der Waals surface area contributed by atoms with E-state index < -0.39 is 8.07 Å². The molecule has 1 aliphatic carbocycles. The SMILES string of the molecule is CO[C@H]1C=C[C@]2(c3ccc4c(c3)OCO4)[C@H](C1)N(C)C[C@H]2[Si](C)(C)c1ccccc1. The number of ether oxygens (including phenoxy) is 3. The second-order valence-corrected chi connectivity index (χ2v) is 14.2. The number of hydrogen-bond donors (Lipinski definition) is 0. The minimum atomic E-state index is -1.82. The van der Waals surface area contributed by atoms with Crippen molar-refractivity contribution in [1.29, 1.82) is 0 Å². The van der Waals surface area contributed by atoms with Crippen LogP contribution in [0.1, 0.15) is 12.0 Å². The van der Waals surface area contributed by atoms with Crippen LogP contribution in [-0.2, 0) is 10.2 Å². The van der Waals surface area contributed by atoms with Crippen molar-refractivity contribution in [3.05, 3.63) is 66.2 Å². The maximum absolute atomic E-state index is 5.78. The Hall–Kier alpha value is -2.08. The first-order valence-corrected chi connectivity index (χ1v) is 13.9. The third kappa shape index (κ3) is 2.87. The molecular formula is C25H31NO3Si. The van der Waals surface area contributed by atoms with Crippen molar-refractivity contribution in [2.45, 2.75) is 42.6 Å². The van der Waals surface area contributed by atoms with Crippen LogP contribution >= 0.6 is 0 Å². The van der Waals surface area contributed by atoms with Crippen LogP contribution in [-0.4, -0.2) is 52.6 Å². The molecule has 1 saturated heterocycles. The van der Waals surface area contributed by atoms with Gasteiger partial charge in [0.05, 0.1) is 14.2 Å². The van der Waals surface area contributed by atoms with Gasteiger partial charge < -0.3 is 19.1 Å². The van der Waals surface area contributed by atoms with Crippen LogP contribution < -0.4 is 14.7 Å². The topological polar surface area (TPSA) is 30.9 Å². The minimum absolute atomic E-state index is 0.0592. The van der Waals surface area contributed by atoms with E-state index >= 15 is 0 Å². The van der Waals surface area contributed by atoms with Crippen molar-refractivity contribution < 1.29 is 14.2 Å². The first kappa shape index (κ1) is 19.9. The molecule has 2 aromatic carbocycles. The lowest BCUT2D eigenvalue weighted by atomic mass is 9.69. The van der Waals surface area contributed by atoms with Crippen LogP contribution in [0.5, 0.6) is 11.5 Å². The maximum atomic E-state index is 5.78. The molecule has 5 rings (SSSR count). The number of likely N-dealkylation sites (N-methyl/N-ethyl adjacent to an activating group) is 1. The van der Waals surface area contributed by atoms with Crippen molar-refractivity contribution in [1.82, 2.24) is 4.90 Å². The molecule has 1 fully saturated rings. The second-order valence-electron chi connectivity index (χ2n) is 9.47. The average molecular weight is 422 g/mol. The Morgan fingerprint density at radius 1 is 1.07 bits per heavy atom. The number of hydrogen-bond acceptors (Lipinski definition) is 4. The van der Waals surface area contributed by atoms with Crippen LogP contribution in [0, 0.1) is 0 Å². The Bertz CT molecular complexity index is 960. The summed E-state index contributed by atoms with van der Waals surface area (Å²) in [5.74, 6) is 1.72. The highest BCUT2D eigenvalue weighted by Crippen LogP contribution is 2.56. The molecule has 0 radical (unpaired) electrons. The lowest BCUT2D eigenvalue weighted by Gasteiger charge is -2.47. The summed E-state index contributed by atoms with van der Waals surface area (Å²) in [6.07, 6.45) is 5.94. The summed E-state index contributed by atoms with van der Waals surface area (Å²) >= 11 is 0. The van der Waals surface area contributed by atoms with Gasteiger partial charge >= 0.3 is 0 Å². The number of benzene rings is 2. The van der Waals surface area contributed by atoms with E-state index in [4.69, 9.17) is 14.2 Å². The van der Waals surface area contributed by atoms with E-state index in [-0.39, 0.29) is 11.5 Å². The van der Waals surface area contributed by atoms with Gasteiger partial charge in [-0.2, -0.15) is 0 Å². The van der Waals surface area contributed by atoms with Crippen LogP contribution in [0.4, 0.5) is 0 Å². The number of rotatable bonds is 4. The van der Waals surface area contributed by atoms with Gasteiger partial charge in [-0.15, -0.1) is 0 Å². The van der Waals surface area contributed by atoms with Crippen molar-refractivity contribution in [3.63, 3.8) is 0 Å². The van der Waals surface area contributed by atoms with Gasteiger partial charge in [-0.05, 0) is 36.7 Å². The highest BCUT2D eigenvalue weighted by Gasteiger charge is 2.59. The molecule has 158 valence electrons. The summed E-state index contributed by atoms with van der Waals surface area (Å²) in [6, 6.07) is 18.1. The van der Waals surface area contributed by atoms with Gasteiger partial charge in [-0.1, -0.05) is 66.8 Å². The summed E-state index contributed by atoms with van der Waals surface area (Å²) in [4.78, 5) is 2.57. The fourth-order valence-electron chi connectivity index (χ4n) is 6.06. The summed E-state index contributed by atoms with van der Waals surface area (Å²) in [5.41, 5.74) is 1.82. The zero-order valence-corrected chi connectivity index (χ0v) is 19.3. The Labute approximate surface area is 180 Å². The number of likely N-dealkylation sites (tertiary alicyclic amines) is 1. The second kappa shape index (κ2) is 7.26. The van der Waals surface area contributed by atoms with Gasteiger partial charge in [0.25, 0.3) is 0 Å². The standard InChI is InChI=1S/C25H31NO3Si/c1-26-16-24(30(3,4)20-8-6-5-7-9-20)25(13-12-19(27-2)15-23(25)26)18-10-11-21-22(14-18)29-17-28-21/h5-14,19,23-24H,15-17H2,1-4H3/t19-,23-,24+,25-/m0/s1. The molecule has 0 bridgehead atoms. The lowest BCUT2D eigenvalue weighted by molar-refractivity contribution is 0.0899. The van der Waals surface area contributed by atoms with Crippen LogP contribution in [0.25, 0.3) is 0 Å². The monoisotopic (exact) mass is 421 g/mol. The average Bonchev–Trinajstić information content (AvgIpc) is 3.36. The van der Waals surface area contributed by atoms with Crippen molar-refractivity contribution in [2.75, 3.05) is 27.5 Å². The van der Waals surface area contributed by atoms with Gasteiger partial charge in [-0.25, -0.2) is 0 Å². The largest absolute Gasteiger partial charge is 0.454 e. The molecule has 0 unspecified atom stereocenters. The fraction of sp³-hybridized carbons (Fsp3) is 0.440. The van der Waals surface area contributed by atoms with Gasteiger partial charge in [0, 0.05) is 25.1 Å². The molecule has 2 aliphatic heterocycles. The van der Waals surface area contributed by atoms with Gasteiger partial charge in [0.2, 0.25) is 6.79 Å². The Morgan fingerprint density at radius 2 is 1.83 bits per heavy atom. The zero-order valence-electron chi connectivity index (χ0n) is 18.3. The molecule has 2 aromatic rings. The molecule has 0 spiro atoms. The van der Waals surface area contributed by atoms with Crippen LogP contribution in [0.15, 0.2) is 60.7 Å². The van der Waals surface area contributed by atoms with Crippen LogP contribution in [0.3, 0.4) is 0 Å². The van der Waals surface area contributed by atoms with Gasteiger partial charge in [0.1, 0.15) is 0 Å². The highest BCUT2D eigenvalue weighted by molar-refractivity contribution is 6.91. The molecule has 0 saturated carbocycles. The minimum Gasteiger partial charge on any atom is -0.454 e. The number of methoxy groups -OCH3 is 1. The zero-order chi connectivity index (χ0) is 20.9. The van der Waals surface area contributed by atoms with E-state index in [1.54, 1.807) is 0 Å². The molecule has 0 N–H and O–H groups in total. The molecule has 0 amide bonds. The third-order valence-electron chi connectivity index (χ3n) is 7.74. The summed E-state index contributed by atoms with van der Waals surface area (Å²) < 4.78 is 17.1. The lowest BCUT2D eigenvalue weighted by Crippen LogP contribution is -2.55. The quantitative estimate of drug-likeness (QED) is 0.553. The summed E-state index contributed by atoms with van der Waals surface area (Å²) in [7, 11) is 2.29. The predicted octanol–water partition coefficient (Wildman–Crippen LogP) is 3.93. The molecule has 3 aliphatic rings. The van der Waals surface area contributed by atoms with Gasteiger partial charge in [0.15, 0.2) is 11.5 Å². The number of fused-ring (bicyclic) bond motifs is 2. The Balaban J connectivity index is 1.69.